The summed E-state index contributed by atoms with van der Waals surface area (Å²) in [5, 5.41) is 10.4. The Morgan fingerprint density at radius 2 is 1.88 bits per heavy atom. The molecule has 0 radical (unpaired) electrons. The molecule has 0 spiro atoms. The van der Waals surface area contributed by atoms with Gasteiger partial charge < -0.3 is 4.90 Å². The Hall–Kier alpha value is -3.42. The molecular weight excluding hydrogens is 481 g/mol. The van der Waals surface area contributed by atoms with Crippen LogP contribution in [0, 0.1) is 11.3 Å². The fraction of sp³-hybridized carbons (Fsp3) is 0.167. The number of aromatic nitrogens is 2. The van der Waals surface area contributed by atoms with Crippen molar-refractivity contribution in [3.8, 4) is 16.5 Å². The molecule has 2 heterocycles. The second-order valence-electron chi connectivity index (χ2n) is 7.16. The minimum absolute atomic E-state index is 0.00459. The zero-order valence-electron chi connectivity index (χ0n) is 17.6. The summed E-state index contributed by atoms with van der Waals surface area (Å²) in [5.74, 6) is -0.463. The Balaban J connectivity index is 1.56. The van der Waals surface area contributed by atoms with Gasteiger partial charge in [0.2, 0.25) is 5.91 Å². The number of hydrogen-bond acceptors (Lipinski definition) is 6. The largest absolute Gasteiger partial charge is 0.416 e. The molecule has 4 aromatic rings. The molecule has 0 N–H and O–H groups in total. The summed E-state index contributed by atoms with van der Waals surface area (Å²) < 4.78 is 39.5. The lowest BCUT2D eigenvalue weighted by atomic mass is 10.1. The zero-order valence-corrected chi connectivity index (χ0v) is 19.3. The minimum Gasteiger partial charge on any atom is -0.311 e. The Labute approximate surface area is 201 Å². The van der Waals surface area contributed by atoms with E-state index in [1.807, 2.05) is 42.5 Å². The lowest BCUT2D eigenvalue weighted by Crippen LogP contribution is -2.33. The van der Waals surface area contributed by atoms with Crippen molar-refractivity contribution >= 4 is 44.9 Å². The molecule has 0 aliphatic carbocycles. The van der Waals surface area contributed by atoms with Crippen LogP contribution in [0.4, 0.5) is 18.9 Å². The van der Waals surface area contributed by atoms with E-state index in [1.54, 1.807) is 0 Å². The van der Waals surface area contributed by atoms with Crippen molar-refractivity contribution in [1.82, 2.24) is 9.97 Å². The number of benzene rings is 2. The molecule has 10 heteroatoms. The van der Waals surface area contributed by atoms with Gasteiger partial charge in [-0.25, -0.2) is 9.97 Å². The Morgan fingerprint density at radius 3 is 2.62 bits per heavy atom. The molecule has 0 aliphatic heterocycles. The molecule has 0 fully saturated rings. The van der Waals surface area contributed by atoms with Gasteiger partial charge in [0.1, 0.15) is 16.2 Å². The molecule has 0 unspecified atom stereocenters. The number of nitrogens with zero attached hydrogens (tertiary/aromatic N) is 4. The topological polar surface area (TPSA) is 69.9 Å². The third kappa shape index (κ3) is 5.38. The molecule has 4 rings (SSSR count). The quantitative estimate of drug-likeness (QED) is 0.217. The number of thiophene rings is 1. The predicted octanol–water partition coefficient (Wildman–Crippen LogP) is 6.42. The molecule has 0 saturated carbocycles. The highest BCUT2D eigenvalue weighted by molar-refractivity contribution is 8.00. The van der Waals surface area contributed by atoms with E-state index in [2.05, 4.69) is 9.97 Å². The highest BCUT2D eigenvalue weighted by Gasteiger charge is 2.31. The number of fused-ring (bicyclic) bond motifs is 1. The van der Waals surface area contributed by atoms with Gasteiger partial charge in [0, 0.05) is 22.5 Å². The van der Waals surface area contributed by atoms with E-state index in [4.69, 9.17) is 5.26 Å². The minimum atomic E-state index is -4.53. The third-order valence-corrected chi connectivity index (χ3v) is 7.00. The molecule has 0 atom stereocenters. The second-order valence-corrected chi connectivity index (χ2v) is 9.16. The van der Waals surface area contributed by atoms with Crippen LogP contribution in [-0.2, 0) is 11.0 Å². The maximum absolute atomic E-state index is 13.2. The molecule has 0 bridgehead atoms. The summed E-state index contributed by atoms with van der Waals surface area (Å²) >= 11 is 2.71. The van der Waals surface area contributed by atoms with E-state index in [0.717, 1.165) is 32.8 Å². The number of nitriles is 1. The third-order valence-electron chi connectivity index (χ3n) is 4.92. The van der Waals surface area contributed by atoms with Crippen LogP contribution < -0.4 is 4.90 Å². The van der Waals surface area contributed by atoms with Crippen LogP contribution in [0.15, 0.2) is 72.0 Å². The molecule has 0 saturated heterocycles. The lowest BCUT2D eigenvalue weighted by molar-refractivity contribution is -0.137. The molecule has 1 amide bonds. The molecule has 0 aliphatic rings. The maximum Gasteiger partial charge on any atom is 0.416 e. The number of amides is 1. The van der Waals surface area contributed by atoms with Crippen molar-refractivity contribution in [2.24, 2.45) is 0 Å². The van der Waals surface area contributed by atoms with Crippen molar-refractivity contribution in [1.29, 1.82) is 5.26 Å². The summed E-state index contributed by atoms with van der Waals surface area (Å²) in [5.41, 5.74) is 0.298. The van der Waals surface area contributed by atoms with E-state index < -0.39 is 17.6 Å². The fourth-order valence-electron chi connectivity index (χ4n) is 3.31. The van der Waals surface area contributed by atoms with E-state index in [0.29, 0.717) is 5.03 Å². The molecule has 2 aromatic carbocycles. The summed E-state index contributed by atoms with van der Waals surface area (Å²) in [6.07, 6.45) is -3.10. The fourth-order valence-corrected chi connectivity index (χ4v) is 5.23. The monoisotopic (exact) mass is 498 g/mol. The first-order valence-corrected chi connectivity index (χ1v) is 11.9. The lowest BCUT2D eigenvalue weighted by Gasteiger charge is -2.22. The van der Waals surface area contributed by atoms with Gasteiger partial charge in [-0.2, -0.15) is 18.4 Å². The molecule has 2 aromatic heterocycles. The van der Waals surface area contributed by atoms with Gasteiger partial charge in [-0.1, -0.05) is 48.2 Å². The van der Waals surface area contributed by atoms with Crippen LogP contribution in [0.25, 0.3) is 20.7 Å². The highest BCUT2D eigenvalue weighted by atomic mass is 32.2. The Kier molecular flexibility index (Phi) is 7.14. The number of anilines is 1. The standard InChI is InChI=1S/C24H17F3N4OS2/c25-24(26,27)17-8-4-9-18(12-17)31(11-5-10-28)21(32)14-33-22-19-13-20(16-6-2-1-3-7-16)34-23(19)30-15-29-22/h1-4,6-9,12-13,15H,5,11,14H2. The smallest absolute Gasteiger partial charge is 0.311 e. The van der Waals surface area contributed by atoms with Gasteiger partial charge in [0.25, 0.3) is 0 Å². The van der Waals surface area contributed by atoms with Gasteiger partial charge in [-0.3, -0.25) is 4.79 Å². The summed E-state index contributed by atoms with van der Waals surface area (Å²) in [7, 11) is 0. The predicted molar refractivity (Wildman–Crippen MR) is 128 cm³/mol. The normalized spacial score (nSPS) is 11.4. The summed E-state index contributed by atoms with van der Waals surface area (Å²) in [6.45, 7) is -0.00695. The SMILES string of the molecule is N#CCCN(C(=O)CSc1ncnc2sc(-c3ccccc3)cc12)c1cccc(C(F)(F)F)c1. The van der Waals surface area contributed by atoms with Crippen LogP contribution in [-0.4, -0.2) is 28.2 Å². The average molecular weight is 499 g/mol. The first-order valence-electron chi connectivity index (χ1n) is 10.1. The van der Waals surface area contributed by atoms with Gasteiger partial charge in [0.15, 0.2) is 0 Å². The van der Waals surface area contributed by atoms with Crippen molar-refractivity contribution < 1.29 is 18.0 Å². The van der Waals surface area contributed by atoms with E-state index in [-0.39, 0.29) is 24.4 Å². The first-order chi connectivity index (χ1) is 16.4. The number of carbonyl (C=O) groups is 1. The van der Waals surface area contributed by atoms with Gasteiger partial charge in [0.05, 0.1) is 23.8 Å². The number of thioether (sulfide) groups is 1. The van der Waals surface area contributed by atoms with Crippen molar-refractivity contribution in [3.05, 3.63) is 72.6 Å². The van der Waals surface area contributed by atoms with Gasteiger partial charge in [-0.15, -0.1) is 11.3 Å². The van der Waals surface area contributed by atoms with Crippen molar-refractivity contribution in [2.75, 3.05) is 17.2 Å². The number of carbonyl (C=O) groups excluding carboxylic acids is 1. The average Bonchev–Trinajstić information content (AvgIpc) is 3.28. The van der Waals surface area contributed by atoms with Crippen molar-refractivity contribution in [2.45, 2.75) is 17.6 Å². The number of rotatable bonds is 7. The molecule has 34 heavy (non-hydrogen) atoms. The molecule has 5 nitrogen and oxygen atoms in total. The summed E-state index contributed by atoms with van der Waals surface area (Å²) in [6, 6.07) is 18.3. The summed E-state index contributed by atoms with van der Waals surface area (Å²) in [4.78, 5) is 24.7. The molecule has 172 valence electrons. The van der Waals surface area contributed by atoms with E-state index in [1.165, 1.54) is 46.5 Å². The maximum atomic E-state index is 13.2. The first kappa shape index (κ1) is 23.7. The second kappa shape index (κ2) is 10.2. The van der Waals surface area contributed by atoms with E-state index in [9.17, 15) is 18.0 Å². The highest BCUT2D eigenvalue weighted by Crippen LogP contribution is 2.36. The van der Waals surface area contributed by atoms with Gasteiger partial charge >= 0.3 is 6.18 Å². The van der Waals surface area contributed by atoms with Crippen LogP contribution in [0.5, 0.6) is 0 Å². The van der Waals surface area contributed by atoms with Crippen LogP contribution >= 0.6 is 23.1 Å². The van der Waals surface area contributed by atoms with Crippen LogP contribution in [0.1, 0.15) is 12.0 Å². The Bertz CT molecular complexity index is 1350. The number of alkyl halides is 3. The Morgan fingerprint density at radius 1 is 1.09 bits per heavy atom. The molecular formula is C24H17F3N4OS2. The van der Waals surface area contributed by atoms with Crippen molar-refractivity contribution in [3.63, 3.8) is 0 Å². The number of halogens is 3. The zero-order chi connectivity index (χ0) is 24.1. The number of hydrogen-bond donors (Lipinski definition) is 0. The van der Waals surface area contributed by atoms with E-state index >= 15 is 0 Å². The van der Waals surface area contributed by atoms with Gasteiger partial charge in [-0.05, 0) is 29.8 Å². The van der Waals surface area contributed by atoms with Crippen LogP contribution in [0.3, 0.4) is 0 Å². The van der Waals surface area contributed by atoms with Crippen LogP contribution in [0.2, 0.25) is 0 Å².